The first-order valence-electron chi connectivity index (χ1n) is 7.91. The second-order valence-corrected chi connectivity index (χ2v) is 9.55. The van der Waals surface area contributed by atoms with Gasteiger partial charge in [0, 0.05) is 11.3 Å². The van der Waals surface area contributed by atoms with E-state index in [1.54, 1.807) is 12.1 Å². The van der Waals surface area contributed by atoms with Crippen molar-refractivity contribution < 1.29 is 26.4 Å². The molecule has 146 valence electrons. The van der Waals surface area contributed by atoms with Crippen LogP contribution in [-0.4, -0.2) is 40.6 Å². The number of carbonyl (C=O) groups is 2. The molecule has 1 aliphatic rings. The number of nitrogens with one attached hydrogen (secondary N) is 2. The van der Waals surface area contributed by atoms with Crippen molar-refractivity contribution in [2.45, 2.75) is 16.7 Å². The van der Waals surface area contributed by atoms with Crippen LogP contribution in [0.15, 0.2) is 56.7 Å². The molecule has 2 N–H and O–H groups in total. The van der Waals surface area contributed by atoms with Crippen LogP contribution in [0.1, 0.15) is 17.3 Å². The molecule has 0 aromatic heterocycles. The number of fused-ring (bicyclic) bond motifs is 1. The minimum absolute atomic E-state index is 0.194. The third kappa shape index (κ3) is 4.10. The average Bonchev–Trinajstić information content (AvgIpc) is 2.61. The van der Waals surface area contributed by atoms with Gasteiger partial charge in [0.2, 0.25) is 5.91 Å². The van der Waals surface area contributed by atoms with Crippen molar-refractivity contribution in [1.82, 2.24) is 0 Å². The largest absolute Gasteiger partial charge is 0.345 e. The summed E-state index contributed by atoms with van der Waals surface area (Å²) >= 11 is 0. The van der Waals surface area contributed by atoms with E-state index in [4.69, 9.17) is 0 Å². The van der Waals surface area contributed by atoms with Crippen LogP contribution in [-0.2, 0) is 24.7 Å². The van der Waals surface area contributed by atoms with Gasteiger partial charge in [0.05, 0.1) is 10.6 Å². The van der Waals surface area contributed by atoms with E-state index in [0.717, 1.165) is 12.4 Å². The SMILES string of the molecule is CC(=O)c1cccc(NC(=O)CS(=O)(=O)c2ccc3c(c2)S(=O)(=O)N=CN3)c1. The maximum Gasteiger partial charge on any atom is 0.285 e. The molecule has 0 saturated carbocycles. The van der Waals surface area contributed by atoms with E-state index in [1.165, 1.54) is 31.2 Å². The van der Waals surface area contributed by atoms with Gasteiger partial charge >= 0.3 is 0 Å². The van der Waals surface area contributed by atoms with Crippen molar-refractivity contribution in [3.05, 3.63) is 48.0 Å². The second kappa shape index (κ2) is 7.17. The maximum absolute atomic E-state index is 12.5. The lowest BCUT2D eigenvalue weighted by Crippen LogP contribution is -2.23. The number of carbonyl (C=O) groups excluding carboxylic acids is 2. The zero-order valence-corrected chi connectivity index (χ0v) is 16.2. The van der Waals surface area contributed by atoms with E-state index in [0.29, 0.717) is 5.56 Å². The third-order valence-electron chi connectivity index (χ3n) is 3.88. The van der Waals surface area contributed by atoms with Gasteiger partial charge in [-0.1, -0.05) is 12.1 Å². The summed E-state index contributed by atoms with van der Waals surface area (Å²) in [5, 5.41) is 5.03. The van der Waals surface area contributed by atoms with Crippen LogP contribution >= 0.6 is 0 Å². The molecule has 0 aliphatic carbocycles. The molecule has 0 saturated heterocycles. The summed E-state index contributed by atoms with van der Waals surface area (Å²) in [6.45, 7) is 1.37. The highest BCUT2D eigenvalue weighted by molar-refractivity contribution is 7.92. The molecule has 0 unspecified atom stereocenters. The number of Topliss-reactive ketones (excluding diaryl/α,β-unsaturated/α-hetero) is 1. The summed E-state index contributed by atoms with van der Waals surface area (Å²) < 4.78 is 52.3. The molecule has 1 amide bonds. The normalized spacial score (nSPS) is 14.6. The Bertz CT molecular complexity index is 1220. The summed E-state index contributed by atoms with van der Waals surface area (Å²) in [5.41, 5.74) is 0.840. The molecule has 28 heavy (non-hydrogen) atoms. The molecule has 3 rings (SSSR count). The van der Waals surface area contributed by atoms with Crippen LogP contribution in [0.25, 0.3) is 0 Å². The number of sulfonamides is 1. The number of hydrogen-bond donors (Lipinski definition) is 2. The van der Waals surface area contributed by atoms with Gasteiger partial charge in [0.15, 0.2) is 15.6 Å². The van der Waals surface area contributed by atoms with E-state index in [-0.39, 0.29) is 26.9 Å². The molecule has 0 spiro atoms. The Hall–Kier alpha value is -3.05. The molecule has 0 fully saturated rings. The fourth-order valence-corrected chi connectivity index (χ4v) is 4.74. The van der Waals surface area contributed by atoms with Gasteiger partial charge in [0.25, 0.3) is 10.0 Å². The molecule has 0 atom stereocenters. The van der Waals surface area contributed by atoms with Crippen LogP contribution in [0.2, 0.25) is 0 Å². The van der Waals surface area contributed by atoms with E-state index in [2.05, 4.69) is 15.0 Å². The van der Waals surface area contributed by atoms with Crippen LogP contribution in [0, 0.1) is 0 Å². The molecular formula is C17H15N3O6S2. The zero-order valence-electron chi connectivity index (χ0n) is 14.5. The standard InChI is InChI=1S/C17H15N3O6S2/c1-11(21)12-3-2-4-13(7-12)20-17(22)9-27(23,24)14-5-6-15-16(8-14)28(25,26)19-10-18-15/h2-8,10H,9H2,1H3,(H,18,19)(H,20,22). The van der Waals surface area contributed by atoms with Crippen molar-refractivity contribution in [3.63, 3.8) is 0 Å². The Morgan fingerprint density at radius 1 is 1.14 bits per heavy atom. The van der Waals surface area contributed by atoms with E-state index >= 15 is 0 Å². The first kappa shape index (κ1) is 19.7. The number of nitrogens with zero attached hydrogens (tertiary/aromatic N) is 1. The second-order valence-electron chi connectivity index (χ2n) is 5.96. The molecule has 2 aromatic rings. The molecule has 0 bridgehead atoms. The molecule has 0 radical (unpaired) electrons. The number of rotatable bonds is 5. The van der Waals surface area contributed by atoms with Gasteiger partial charge in [-0.3, -0.25) is 9.59 Å². The molecule has 1 aliphatic heterocycles. The Labute approximate surface area is 161 Å². The number of hydrogen-bond acceptors (Lipinski definition) is 7. The van der Waals surface area contributed by atoms with Crippen LogP contribution < -0.4 is 10.6 Å². The quantitative estimate of drug-likeness (QED) is 0.697. The van der Waals surface area contributed by atoms with Crippen molar-refractivity contribution in [1.29, 1.82) is 0 Å². The lowest BCUT2D eigenvalue weighted by molar-refractivity contribution is -0.113. The maximum atomic E-state index is 12.5. The number of benzene rings is 2. The highest BCUT2D eigenvalue weighted by Crippen LogP contribution is 2.28. The molecule has 1 heterocycles. The van der Waals surface area contributed by atoms with Gasteiger partial charge in [-0.15, -0.1) is 4.40 Å². The van der Waals surface area contributed by atoms with Crippen molar-refractivity contribution in [3.8, 4) is 0 Å². The van der Waals surface area contributed by atoms with Crippen molar-refractivity contribution in [2.24, 2.45) is 4.40 Å². The predicted octanol–water partition coefficient (Wildman–Crippen LogP) is 1.44. The number of amides is 1. The minimum atomic E-state index is -4.11. The first-order chi connectivity index (χ1) is 13.1. The first-order valence-corrected chi connectivity index (χ1v) is 11.0. The Kier molecular flexibility index (Phi) is 5.04. The topological polar surface area (TPSA) is 139 Å². The summed E-state index contributed by atoms with van der Waals surface area (Å²) in [6.07, 6.45) is 0.994. The van der Waals surface area contributed by atoms with Gasteiger partial charge in [0.1, 0.15) is 17.0 Å². The van der Waals surface area contributed by atoms with Gasteiger partial charge in [-0.05, 0) is 37.3 Å². The van der Waals surface area contributed by atoms with Gasteiger partial charge in [-0.25, -0.2) is 8.42 Å². The minimum Gasteiger partial charge on any atom is -0.345 e. The molecular weight excluding hydrogens is 406 g/mol. The summed E-state index contributed by atoms with van der Waals surface area (Å²) in [6, 6.07) is 9.54. The van der Waals surface area contributed by atoms with Crippen molar-refractivity contribution >= 4 is 49.3 Å². The average molecular weight is 421 g/mol. The lowest BCUT2D eigenvalue weighted by Gasteiger charge is -2.13. The highest BCUT2D eigenvalue weighted by Gasteiger charge is 2.26. The van der Waals surface area contributed by atoms with E-state index in [1.807, 2.05) is 0 Å². The number of anilines is 2. The fraction of sp³-hybridized carbons (Fsp3) is 0.118. The number of sulfone groups is 1. The van der Waals surface area contributed by atoms with Crippen LogP contribution in [0.4, 0.5) is 11.4 Å². The van der Waals surface area contributed by atoms with Gasteiger partial charge in [-0.2, -0.15) is 8.42 Å². The summed E-state index contributed by atoms with van der Waals surface area (Å²) in [4.78, 5) is 23.0. The summed E-state index contributed by atoms with van der Waals surface area (Å²) in [7, 11) is -8.12. The highest BCUT2D eigenvalue weighted by atomic mass is 32.2. The molecule has 9 nitrogen and oxygen atoms in total. The Morgan fingerprint density at radius 3 is 2.61 bits per heavy atom. The third-order valence-corrected chi connectivity index (χ3v) is 6.77. The molecule has 11 heteroatoms. The van der Waals surface area contributed by atoms with Gasteiger partial charge < -0.3 is 10.6 Å². The molecule has 2 aromatic carbocycles. The monoisotopic (exact) mass is 421 g/mol. The van der Waals surface area contributed by atoms with Crippen LogP contribution in [0.5, 0.6) is 0 Å². The smallest absolute Gasteiger partial charge is 0.285 e. The predicted molar refractivity (Wildman–Crippen MR) is 103 cm³/mol. The summed E-state index contributed by atoms with van der Waals surface area (Å²) in [5.74, 6) is -1.92. The number of ketones is 1. The van der Waals surface area contributed by atoms with E-state index in [9.17, 15) is 26.4 Å². The van der Waals surface area contributed by atoms with Crippen LogP contribution in [0.3, 0.4) is 0 Å². The van der Waals surface area contributed by atoms with Crippen molar-refractivity contribution in [2.75, 3.05) is 16.4 Å². The van der Waals surface area contributed by atoms with E-state index < -0.39 is 31.5 Å². The fourth-order valence-electron chi connectivity index (χ4n) is 2.52. The zero-order chi connectivity index (χ0) is 20.5. The Morgan fingerprint density at radius 2 is 1.89 bits per heavy atom. The lowest BCUT2D eigenvalue weighted by atomic mass is 10.1. The Balaban J connectivity index is 1.82.